The average Bonchev–Trinajstić information content (AvgIpc) is 3.49. The Hall–Kier alpha value is -4.86. The van der Waals surface area contributed by atoms with Crippen molar-refractivity contribution >= 4 is 11.6 Å². The van der Waals surface area contributed by atoms with Crippen LogP contribution in [0.25, 0.3) is 11.5 Å². The molecule has 34 heavy (non-hydrogen) atoms. The number of carbonyl (C=O) groups excluding carboxylic acids is 1. The number of rotatable bonds is 6. The minimum Gasteiger partial charge on any atom is -0.438 e. The second-order valence-corrected chi connectivity index (χ2v) is 7.45. The van der Waals surface area contributed by atoms with Crippen molar-refractivity contribution in [2.75, 3.05) is 5.32 Å². The van der Waals surface area contributed by atoms with Crippen molar-refractivity contribution in [2.45, 2.75) is 13.8 Å². The van der Waals surface area contributed by atoms with Crippen LogP contribution >= 0.6 is 0 Å². The molecule has 1 amide bonds. The van der Waals surface area contributed by atoms with Crippen LogP contribution < -0.4 is 10.1 Å². The monoisotopic (exact) mass is 452 g/mol. The highest BCUT2D eigenvalue weighted by molar-refractivity contribution is 6.02. The van der Waals surface area contributed by atoms with Crippen molar-refractivity contribution in [3.05, 3.63) is 96.3 Å². The number of aryl methyl sites for hydroxylation is 1. The first-order valence-electron chi connectivity index (χ1n) is 10.5. The van der Waals surface area contributed by atoms with Gasteiger partial charge in [0, 0.05) is 17.4 Å². The van der Waals surface area contributed by atoms with Gasteiger partial charge in [-0.15, -0.1) is 15.3 Å². The van der Waals surface area contributed by atoms with Gasteiger partial charge in [0.25, 0.3) is 5.91 Å². The van der Waals surface area contributed by atoms with Crippen LogP contribution in [0.2, 0.25) is 0 Å². The molecule has 0 radical (unpaired) electrons. The number of hydrogen-bond donors (Lipinski definition) is 1. The number of benzene rings is 2. The van der Waals surface area contributed by atoms with E-state index in [0.29, 0.717) is 23.1 Å². The van der Waals surface area contributed by atoms with Gasteiger partial charge in [-0.1, -0.05) is 18.2 Å². The van der Waals surface area contributed by atoms with E-state index in [9.17, 15) is 4.79 Å². The van der Waals surface area contributed by atoms with Crippen LogP contribution in [0.3, 0.4) is 0 Å². The molecule has 5 rings (SSSR count). The van der Waals surface area contributed by atoms with Gasteiger partial charge in [-0.2, -0.15) is 9.90 Å². The van der Waals surface area contributed by atoms with Gasteiger partial charge in [0.05, 0.1) is 17.6 Å². The third-order valence-corrected chi connectivity index (χ3v) is 5.17. The zero-order chi connectivity index (χ0) is 23.5. The summed E-state index contributed by atoms with van der Waals surface area (Å²) in [5.74, 6) is 1.22. The summed E-state index contributed by atoms with van der Waals surface area (Å²) in [6, 6.07) is 19.9. The van der Waals surface area contributed by atoms with Crippen molar-refractivity contribution in [1.82, 2.24) is 34.7 Å². The van der Waals surface area contributed by atoms with Crippen LogP contribution in [0, 0.1) is 13.8 Å². The lowest BCUT2D eigenvalue weighted by Crippen LogP contribution is -2.13. The maximum atomic E-state index is 12.5. The second-order valence-electron chi connectivity index (χ2n) is 7.45. The van der Waals surface area contributed by atoms with Crippen molar-refractivity contribution in [2.24, 2.45) is 0 Å². The number of carbonyl (C=O) groups is 1. The Bertz CT molecular complexity index is 1420. The van der Waals surface area contributed by atoms with Gasteiger partial charge < -0.3 is 10.1 Å². The largest absolute Gasteiger partial charge is 0.438 e. The number of nitrogens with zero attached hydrogens (tertiary/aromatic N) is 7. The molecule has 0 aliphatic carbocycles. The first kappa shape index (κ1) is 21.0. The first-order chi connectivity index (χ1) is 16.6. The van der Waals surface area contributed by atoms with Crippen LogP contribution in [0.15, 0.2) is 79.3 Å². The number of ether oxygens (including phenoxy) is 1. The van der Waals surface area contributed by atoms with Crippen molar-refractivity contribution < 1.29 is 9.53 Å². The van der Waals surface area contributed by atoms with Crippen molar-refractivity contribution in [1.29, 1.82) is 0 Å². The van der Waals surface area contributed by atoms with Gasteiger partial charge in [-0.3, -0.25) is 9.36 Å². The van der Waals surface area contributed by atoms with Gasteiger partial charge in [-0.05, 0) is 56.3 Å². The van der Waals surface area contributed by atoms with Crippen LogP contribution in [0.4, 0.5) is 5.69 Å². The summed E-state index contributed by atoms with van der Waals surface area (Å²) in [4.78, 5) is 18.2. The smallest absolute Gasteiger partial charge is 0.277 e. The van der Waals surface area contributed by atoms with E-state index in [-0.39, 0.29) is 11.6 Å². The van der Waals surface area contributed by atoms with Crippen LogP contribution in [0.5, 0.6) is 11.6 Å². The van der Waals surface area contributed by atoms with Crippen LogP contribution in [0.1, 0.15) is 21.9 Å². The molecule has 0 bridgehead atoms. The molecule has 0 unspecified atom stereocenters. The van der Waals surface area contributed by atoms with E-state index in [1.165, 1.54) is 11.0 Å². The number of hydrogen-bond acceptors (Lipinski definition) is 7. The van der Waals surface area contributed by atoms with E-state index in [1.807, 2.05) is 54.8 Å². The summed E-state index contributed by atoms with van der Waals surface area (Å²) in [5.41, 5.74) is 3.52. The van der Waals surface area contributed by atoms with E-state index < -0.39 is 0 Å². The zero-order valence-corrected chi connectivity index (χ0v) is 18.5. The lowest BCUT2D eigenvalue weighted by Gasteiger charge is -2.08. The fraction of sp³-hybridized carbons (Fsp3) is 0.0833. The molecule has 0 aliphatic heterocycles. The molecular formula is C24H20N8O2. The molecule has 5 aromatic rings. The molecule has 2 aromatic carbocycles. The van der Waals surface area contributed by atoms with Crippen molar-refractivity contribution in [3.8, 4) is 23.1 Å². The minimum absolute atomic E-state index is 0.211. The molecule has 0 saturated heterocycles. The third kappa shape index (κ3) is 4.37. The number of para-hydroxylation sites is 1. The highest BCUT2D eigenvalue weighted by Gasteiger charge is 2.12. The Morgan fingerprint density at radius 2 is 1.74 bits per heavy atom. The summed E-state index contributed by atoms with van der Waals surface area (Å²) in [6.07, 6.45) is 3.14. The molecule has 10 heteroatoms. The number of aromatic nitrogens is 7. The number of nitrogens with one attached hydrogen (secondary N) is 1. The molecule has 0 aliphatic rings. The van der Waals surface area contributed by atoms with Crippen LogP contribution in [-0.4, -0.2) is 40.6 Å². The predicted octanol–water partition coefficient (Wildman–Crippen LogP) is 3.90. The Kier molecular flexibility index (Phi) is 5.53. The summed E-state index contributed by atoms with van der Waals surface area (Å²) < 4.78 is 7.63. The van der Waals surface area contributed by atoms with E-state index in [2.05, 4.69) is 30.7 Å². The normalized spacial score (nSPS) is 10.8. The van der Waals surface area contributed by atoms with Gasteiger partial charge in [0.15, 0.2) is 11.5 Å². The van der Waals surface area contributed by atoms with Gasteiger partial charge in [-0.25, -0.2) is 4.98 Å². The summed E-state index contributed by atoms with van der Waals surface area (Å²) in [5, 5.41) is 19.5. The number of anilines is 1. The Morgan fingerprint density at radius 1 is 0.941 bits per heavy atom. The molecule has 0 fully saturated rings. The number of amides is 1. The molecular weight excluding hydrogens is 432 g/mol. The quantitative estimate of drug-likeness (QED) is 0.416. The molecule has 3 heterocycles. The molecule has 168 valence electrons. The minimum atomic E-state index is -0.359. The maximum absolute atomic E-state index is 12.5. The Balaban J connectivity index is 1.21. The number of imidazole rings is 1. The second kappa shape index (κ2) is 8.94. The lowest BCUT2D eigenvalue weighted by atomic mass is 10.3. The van der Waals surface area contributed by atoms with Crippen molar-refractivity contribution in [3.63, 3.8) is 0 Å². The van der Waals surface area contributed by atoms with E-state index in [0.717, 1.165) is 17.1 Å². The topological polar surface area (TPSA) is 113 Å². The Morgan fingerprint density at radius 3 is 2.41 bits per heavy atom. The predicted molar refractivity (Wildman–Crippen MR) is 124 cm³/mol. The highest BCUT2D eigenvalue weighted by atomic mass is 16.5. The first-order valence-corrected chi connectivity index (χ1v) is 10.5. The zero-order valence-electron chi connectivity index (χ0n) is 18.5. The molecule has 0 saturated carbocycles. The average molecular weight is 452 g/mol. The third-order valence-electron chi connectivity index (χ3n) is 5.17. The molecule has 0 atom stereocenters. The van der Waals surface area contributed by atoms with E-state index >= 15 is 0 Å². The standard InChI is InChI=1S/C24H20N8O2/c1-16-17(2)31(15-25-16)22-12-13-23(29-28-22)34-20-10-8-18(9-11-20)27-24(33)21-14-26-32(30-21)19-6-4-3-5-7-19/h3-15H,1-2H3,(H,27,33). The maximum Gasteiger partial charge on any atom is 0.277 e. The molecule has 1 N–H and O–H groups in total. The molecule has 0 spiro atoms. The van der Waals surface area contributed by atoms with Gasteiger partial charge in [0.1, 0.15) is 12.1 Å². The van der Waals surface area contributed by atoms with Crippen LogP contribution in [-0.2, 0) is 0 Å². The summed E-state index contributed by atoms with van der Waals surface area (Å²) in [6.45, 7) is 3.91. The fourth-order valence-corrected chi connectivity index (χ4v) is 3.20. The summed E-state index contributed by atoms with van der Waals surface area (Å²) in [7, 11) is 0. The SMILES string of the molecule is Cc1ncn(-c2ccc(Oc3ccc(NC(=O)c4cnn(-c5ccccc5)n4)cc3)nn2)c1C. The summed E-state index contributed by atoms with van der Waals surface area (Å²) >= 11 is 0. The Labute approximate surface area is 194 Å². The van der Waals surface area contributed by atoms with Gasteiger partial charge in [0.2, 0.25) is 5.88 Å². The van der Waals surface area contributed by atoms with Gasteiger partial charge >= 0.3 is 0 Å². The lowest BCUT2D eigenvalue weighted by molar-refractivity contribution is 0.102. The van der Waals surface area contributed by atoms with E-state index in [4.69, 9.17) is 4.74 Å². The highest BCUT2D eigenvalue weighted by Crippen LogP contribution is 2.22. The van der Waals surface area contributed by atoms with E-state index in [1.54, 1.807) is 36.7 Å². The fourth-order valence-electron chi connectivity index (χ4n) is 3.20. The molecule has 10 nitrogen and oxygen atoms in total. The molecule has 3 aromatic heterocycles.